The van der Waals surface area contributed by atoms with Crippen LogP contribution in [-0.2, 0) is 6.54 Å². The van der Waals surface area contributed by atoms with Crippen molar-refractivity contribution in [3.63, 3.8) is 0 Å². The number of nitrogens with zero attached hydrogens (tertiary/aromatic N) is 2. The molecule has 15 heavy (non-hydrogen) atoms. The van der Waals surface area contributed by atoms with Gasteiger partial charge in [-0.05, 0) is 27.4 Å². The molecule has 0 aliphatic carbocycles. The molecule has 78 valence electrons. The van der Waals surface area contributed by atoms with Crippen LogP contribution in [0.25, 0.3) is 0 Å². The van der Waals surface area contributed by atoms with Crippen molar-refractivity contribution in [2.24, 2.45) is 0 Å². The van der Waals surface area contributed by atoms with Crippen molar-refractivity contribution < 1.29 is 0 Å². The normalized spacial score (nSPS) is 10.3. The highest BCUT2D eigenvalue weighted by Gasteiger charge is 2.03. The predicted molar refractivity (Wildman–Crippen MR) is 66.4 cm³/mol. The van der Waals surface area contributed by atoms with Crippen LogP contribution in [0, 0.1) is 0 Å². The first-order valence-corrected chi connectivity index (χ1v) is 6.23. The summed E-state index contributed by atoms with van der Waals surface area (Å²) in [6.07, 6.45) is 3.04. The van der Waals surface area contributed by atoms with E-state index < -0.39 is 0 Å². The summed E-state index contributed by atoms with van der Waals surface area (Å²) in [7, 11) is 0. The molecule has 0 bridgehead atoms. The van der Waals surface area contributed by atoms with Crippen molar-refractivity contribution in [3.8, 4) is 0 Å². The van der Waals surface area contributed by atoms with Crippen molar-refractivity contribution in [2.75, 3.05) is 5.32 Å². The van der Waals surface area contributed by atoms with Gasteiger partial charge in [0.2, 0.25) is 0 Å². The number of aromatic nitrogens is 2. The molecular formula is C9H7BrClN3S. The number of rotatable bonds is 3. The third-order valence-corrected chi connectivity index (χ3v) is 3.98. The lowest BCUT2D eigenvalue weighted by Gasteiger charge is -2.05. The Balaban J connectivity index is 2.06. The molecule has 0 aliphatic rings. The molecule has 2 aromatic heterocycles. The SMILES string of the molecule is Clc1cncnc1NCc1sccc1Br. The van der Waals surface area contributed by atoms with E-state index in [0.717, 1.165) is 4.47 Å². The third kappa shape index (κ3) is 2.68. The smallest absolute Gasteiger partial charge is 0.148 e. The summed E-state index contributed by atoms with van der Waals surface area (Å²) >= 11 is 11.1. The average molecular weight is 305 g/mol. The van der Waals surface area contributed by atoms with Gasteiger partial charge in [-0.1, -0.05) is 11.6 Å². The van der Waals surface area contributed by atoms with Gasteiger partial charge in [0.25, 0.3) is 0 Å². The summed E-state index contributed by atoms with van der Waals surface area (Å²) in [5, 5.41) is 5.72. The Bertz CT molecular complexity index is 460. The summed E-state index contributed by atoms with van der Waals surface area (Å²) in [5.74, 6) is 0.659. The van der Waals surface area contributed by atoms with Crippen molar-refractivity contribution >= 4 is 44.7 Å². The molecule has 2 aromatic rings. The van der Waals surface area contributed by atoms with E-state index in [9.17, 15) is 0 Å². The number of thiophene rings is 1. The Kier molecular flexibility index (Phi) is 3.56. The van der Waals surface area contributed by atoms with Crippen LogP contribution in [0.2, 0.25) is 5.02 Å². The van der Waals surface area contributed by atoms with Crippen LogP contribution in [0.5, 0.6) is 0 Å². The maximum Gasteiger partial charge on any atom is 0.148 e. The molecule has 0 aromatic carbocycles. The molecule has 2 heterocycles. The fraction of sp³-hybridized carbons (Fsp3) is 0.111. The molecule has 0 unspecified atom stereocenters. The molecular weight excluding hydrogens is 298 g/mol. The molecule has 0 saturated carbocycles. The zero-order valence-corrected chi connectivity index (χ0v) is 10.7. The lowest BCUT2D eigenvalue weighted by molar-refractivity contribution is 1.09. The minimum atomic E-state index is 0.533. The van der Waals surface area contributed by atoms with E-state index in [1.807, 2.05) is 11.4 Å². The molecule has 0 amide bonds. The molecule has 2 rings (SSSR count). The van der Waals surface area contributed by atoms with Gasteiger partial charge < -0.3 is 5.32 Å². The molecule has 3 nitrogen and oxygen atoms in total. The Morgan fingerprint density at radius 3 is 3.07 bits per heavy atom. The second-order valence-electron chi connectivity index (χ2n) is 2.76. The van der Waals surface area contributed by atoms with Crippen LogP contribution in [0.3, 0.4) is 0 Å². The first-order chi connectivity index (χ1) is 7.27. The van der Waals surface area contributed by atoms with E-state index in [-0.39, 0.29) is 0 Å². The zero-order chi connectivity index (χ0) is 10.7. The van der Waals surface area contributed by atoms with Crippen molar-refractivity contribution in [3.05, 3.63) is 38.3 Å². The second-order valence-corrected chi connectivity index (χ2v) is 5.03. The summed E-state index contributed by atoms with van der Waals surface area (Å²) in [6, 6.07) is 2.02. The van der Waals surface area contributed by atoms with Gasteiger partial charge in [-0.2, -0.15) is 0 Å². The maximum absolute atomic E-state index is 5.91. The van der Waals surface area contributed by atoms with Gasteiger partial charge in [0.1, 0.15) is 17.2 Å². The van der Waals surface area contributed by atoms with E-state index in [1.165, 1.54) is 11.2 Å². The largest absolute Gasteiger partial charge is 0.364 e. The van der Waals surface area contributed by atoms with Crippen molar-refractivity contribution in [1.82, 2.24) is 9.97 Å². The second kappa shape index (κ2) is 4.92. The number of halogens is 2. The van der Waals surface area contributed by atoms with E-state index in [2.05, 4.69) is 31.2 Å². The van der Waals surface area contributed by atoms with Gasteiger partial charge in [0.15, 0.2) is 0 Å². The lowest BCUT2D eigenvalue weighted by atomic mass is 10.4. The van der Waals surface area contributed by atoms with Gasteiger partial charge in [-0.3, -0.25) is 0 Å². The van der Waals surface area contributed by atoms with Crippen LogP contribution in [-0.4, -0.2) is 9.97 Å². The fourth-order valence-electron chi connectivity index (χ4n) is 1.06. The first kappa shape index (κ1) is 10.9. The van der Waals surface area contributed by atoms with Crippen molar-refractivity contribution in [2.45, 2.75) is 6.54 Å². The van der Waals surface area contributed by atoms with E-state index in [4.69, 9.17) is 11.6 Å². The Labute approximate surface area is 105 Å². The Morgan fingerprint density at radius 1 is 1.53 bits per heavy atom. The minimum Gasteiger partial charge on any atom is -0.364 e. The summed E-state index contributed by atoms with van der Waals surface area (Å²) in [4.78, 5) is 9.07. The molecule has 6 heteroatoms. The maximum atomic E-state index is 5.91. The summed E-state index contributed by atoms with van der Waals surface area (Å²) in [5.41, 5.74) is 0. The topological polar surface area (TPSA) is 37.8 Å². The van der Waals surface area contributed by atoms with E-state index in [0.29, 0.717) is 17.4 Å². The van der Waals surface area contributed by atoms with Crippen LogP contribution < -0.4 is 5.32 Å². The standard InChI is InChI=1S/C9H7BrClN3S/c10-6-1-2-15-8(6)4-13-9-7(11)3-12-5-14-9/h1-3,5H,4H2,(H,12,13,14). The third-order valence-electron chi connectivity index (χ3n) is 1.78. The molecule has 0 fully saturated rings. The van der Waals surface area contributed by atoms with Crippen LogP contribution in [0.1, 0.15) is 4.88 Å². The number of hydrogen-bond acceptors (Lipinski definition) is 4. The van der Waals surface area contributed by atoms with Gasteiger partial charge in [0.05, 0.1) is 12.7 Å². The highest BCUT2D eigenvalue weighted by atomic mass is 79.9. The molecule has 1 N–H and O–H groups in total. The summed E-state index contributed by atoms with van der Waals surface area (Å²) in [6.45, 7) is 0.703. The zero-order valence-electron chi connectivity index (χ0n) is 7.58. The molecule has 0 radical (unpaired) electrons. The monoisotopic (exact) mass is 303 g/mol. The van der Waals surface area contributed by atoms with Gasteiger partial charge in [-0.15, -0.1) is 11.3 Å². The fourth-order valence-corrected chi connectivity index (χ4v) is 2.66. The number of hydrogen-bond donors (Lipinski definition) is 1. The highest BCUT2D eigenvalue weighted by molar-refractivity contribution is 9.10. The Morgan fingerprint density at radius 2 is 2.40 bits per heavy atom. The quantitative estimate of drug-likeness (QED) is 0.942. The van der Waals surface area contributed by atoms with Crippen LogP contribution in [0.15, 0.2) is 28.4 Å². The van der Waals surface area contributed by atoms with Gasteiger partial charge in [-0.25, -0.2) is 9.97 Å². The average Bonchev–Trinajstić information content (AvgIpc) is 2.63. The molecule has 0 aliphatic heterocycles. The van der Waals surface area contributed by atoms with Crippen LogP contribution >= 0.6 is 38.9 Å². The molecule has 0 saturated heterocycles. The highest BCUT2D eigenvalue weighted by Crippen LogP contribution is 2.24. The van der Waals surface area contributed by atoms with Crippen LogP contribution in [0.4, 0.5) is 5.82 Å². The van der Waals surface area contributed by atoms with Gasteiger partial charge in [0, 0.05) is 9.35 Å². The van der Waals surface area contributed by atoms with Crippen molar-refractivity contribution in [1.29, 1.82) is 0 Å². The minimum absolute atomic E-state index is 0.533. The first-order valence-electron chi connectivity index (χ1n) is 4.18. The number of anilines is 1. The lowest BCUT2D eigenvalue weighted by Crippen LogP contribution is -2.01. The number of nitrogens with one attached hydrogen (secondary N) is 1. The van der Waals surface area contributed by atoms with E-state index >= 15 is 0 Å². The predicted octanol–water partition coefficient (Wildman–Crippen LogP) is 3.57. The van der Waals surface area contributed by atoms with Gasteiger partial charge >= 0.3 is 0 Å². The Hall–Kier alpha value is -0.650. The van der Waals surface area contributed by atoms with E-state index in [1.54, 1.807) is 17.5 Å². The summed E-state index contributed by atoms with van der Waals surface area (Å²) < 4.78 is 1.10. The molecule has 0 atom stereocenters. The molecule has 0 spiro atoms.